The van der Waals surface area contributed by atoms with Gasteiger partial charge in [-0.25, -0.2) is 4.85 Å². The lowest BCUT2D eigenvalue weighted by Gasteiger charge is -2.15. The molecule has 86 valence electrons. The fraction of sp³-hybridized carbons (Fsp3) is 0.267. The van der Waals surface area contributed by atoms with Gasteiger partial charge in [-0.3, -0.25) is 0 Å². The summed E-state index contributed by atoms with van der Waals surface area (Å²) < 4.78 is 0. The van der Waals surface area contributed by atoms with Crippen molar-refractivity contribution in [1.29, 1.82) is 0 Å². The van der Waals surface area contributed by atoms with E-state index in [0.717, 1.165) is 5.56 Å². The smallest absolute Gasteiger partial charge is 0.187 e. The van der Waals surface area contributed by atoms with Crippen LogP contribution >= 0.6 is 11.3 Å². The second-order valence-electron chi connectivity index (χ2n) is 5.11. The minimum atomic E-state index is 0.195. The first-order valence-electron chi connectivity index (χ1n) is 5.57. The molecule has 0 aliphatic heterocycles. The Labute approximate surface area is 107 Å². The number of benzene rings is 1. The molecule has 0 bridgehead atoms. The Hall–Kier alpha value is -1.59. The van der Waals surface area contributed by atoms with E-state index < -0.39 is 0 Å². The molecule has 1 aromatic heterocycles. The summed E-state index contributed by atoms with van der Waals surface area (Å²) in [7, 11) is 0. The van der Waals surface area contributed by atoms with Crippen LogP contribution in [0.5, 0.6) is 0 Å². The van der Waals surface area contributed by atoms with Crippen molar-refractivity contribution in [3.63, 3.8) is 0 Å². The van der Waals surface area contributed by atoms with E-state index in [0.29, 0.717) is 5.69 Å². The molecule has 0 fully saturated rings. The molecule has 17 heavy (non-hydrogen) atoms. The van der Waals surface area contributed by atoms with E-state index >= 15 is 0 Å². The topological polar surface area (TPSA) is 4.36 Å². The molecule has 1 nitrogen and oxygen atoms in total. The first-order chi connectivity index (χ1) is 8.00. The zero-order chi connectivity index (χ0) is 12.5. The molecule has 0 radical (unpaired) electrons. The second-order valence-corrected chi connectivity index (χ2v) is 6.02. The van der Waals surface area contributed by atoms with Gasteiger partial charge in [0, 0.05) is 4.88 Å². The van der Waals surface area contributed by atoms with Crippen molar-refractivity contribution < 1.29 is 0 Å². The van der Waals surface area contributed by atoms with Crippen LogP contribution in [-0.4, -0.2) is 0 Å². The van der Waals surface area contributed by atoms with Crippen molar-refractivity contribution >= 4 is 17.0 Å². The van der Waals surface area contributed by atoms with Crippen molar-refractivity contribution in [2.75, 3.05) is 0 Å². The first-order valence-corrected chi connectivity index (χ1v) is 6.45. The fourth-order valence-corrected chi connectivity index (χ4v) is 2.64. The molecule has 0 unspecified atom stereocenters. The maximum Gasteiger partial charge on any atom is 0.187 e. The van der Waals surface area contributed by atoms with Gasteiger partial charge in [-0.2, -0.15) is 0 Å². The van der Waals surface area contributed by atoms with Crippen LogP contribution in [0.25, 0.3) is 16.0 Å². The summed E-state index contributed by atoms with van der Waals surface area (Å²) in [5.74, 6) is 0. The molecular weight excluding hydrogens is 226 g/mol. The molecule has 0 spiro atoms. The van der Waals surface area contributed by atoms with Crippen LogP contribution in [0.3, 0.4) is 0 Å². The van der Waals surface area contributed by atoms with Gasteiger partial charge in [0.2, 0.25) is 0 Å². The fourth-order valence-electron chi connectivity index (χ4n) is 1.64. The van der Waals surface area contributed by atoms with Crippen LogP contribution < -0.4 is 0 Å². The lowest BCUT2D eigenvalue weighted by Crippen LogP contribution is -2.07. The highest BCUT2D eigenvalue weighted by Gasteiger charge is 2.16. The normalized spacial score (nSPS) is 11.2. The third kappa shape index (κ3) is 2.57. The molecule has 1 heterocycles. The Morgan fingerprint density at radius 3 is 2.47 bits per heavy atom. The Kier molecular flexibility index (Phi) is 3.04. The number of rotatable bonds is 1. The molecule has 0 saturated carbocycles. The van der Waals surface area contributed by atoms with Crippen LogP contribution in [-0.2, 0) is 5.41 Å². The molecule has 0 saturated heterocycles. The van der Waals surface area contributed by atoms with E-state index in [4.69, 9.17) is 6.57 Å². The van der Waals surface area contributed by atoms with Crippen molar-refractivity contribution in [1.82, 2.24) is 0 Å². The number of nitrogens with zero attached hydrogens (tertiary/aromatic N) is 1. The summed E-state index contributed by atoms with van der Waals surface area (Å²) >= 11 is 1.79. The molecule has 0 atom stereocenters. The number of hydrogen-bond donors (Lipinski definition) is 0. The highest BCUT2D eigenvalue weighted by molar-refractivity contribution is 7.10. The van der Waals surface area contributed by atoms with Crippen molar-refractivity contribution in [3.8, 4) is 11.1 Å². The van der Waals surface area contributed by atoms with Crippen molar-refractivity contribution in [2.24, 2.45) is 0 Å². The van der Waals surface area contributed by atoms with Gasteiger partial charge in [0.15, 0.2) is 5.69 Å². The third-order valence-corrected chi connectivity index (χ3v) is 4.00. The largest absolute Gasteiger partial charge is 0.238 e. The maximum atomic E-state index is 7.03. The van der Waals surface area contributed by atoms with Crippen molar-refractivity contribution in [3.05, 3.63) is 52.0 Å². The molecular formula is C15H15NS. The summed E-state index contributed by atoms with van der Waals surface area (Å²) in [6.07, 6.45) is 0. The van der Waals surface area contributed by atoms with Crippen LogP contribution in [0.4, 0.5) is 5.69 Å². The van der Waals surface area contributed by atoms with Gasteiger partial charge < -0.3 is 0 Å². The van der Waals surface area contributed by atoms with Gasteiger partial charge in [0.05, 0.1) is 6.57 Å². The lowest BCUT2D eigenvalue weighted by molar-refractivity contribution is 0.604. The molecule has 2 heteroatoms. The Bertz CT molecular complexity index is 567. The summed E-state index contributed by atoms with van der Waals surface area (Å²) in [4.78, 5) is 4.84. The van der Waals surface area contributed by atoms with E-state index in [2.05, 4.69) is 43.1 Å². The van der Waals surface area contributed by atoms with Gasteiger partial charge in [-0.1, -0.05) is 39.0 Å². The zero-order valence-electron chi connectivity index (χ0n) is 10.3. The van der Waals surface area contributed by atoms with E-state index in [1.807, 2.05) is 18.2 Å². The Morgan fingerprint density at radius 2 is 1.88 bits per heavy atom. The summed E-state index contributed by atoms with van der Waals surface area (Å²) in [6.45, 7) is 13.7. The molecule has 0 amide bonds. The standard InChI is InChI=1S/C15H15NS/c1-15(2,3)14-9-12(10-17-14)11-6-5-7-13(8-11)16-4/h5-10H,1-3H3. The highest BCUT2D eigenvalue weighted by atomic mass is 32.1. The second kappa shape index (κ2) is 4.35. The van der Waals surface area contributed by atoms with Crippen molar-refractivity contribution in [2.45, 2.75) is 26.2 Å². The van der Waals surface area contributed by atoms with E-state index in [9.17, 15) is 0 Å². The van der Waals surface area contributed by atoms with Gasteiger partial charge >= 0.3 is 0 Å². The monoisotopic (exact) mass is 241 g/mol. The summed E-state index contributed by atoms with van der Waals surface area (Å²) in [5.41, 5.74) is 3.24. The van der Waals surface area contributed by atoms with Gasteiger partial charge in [-0.05, 0) is 34.1 Å². The summed E-state index contributed by atoms with van der Waals surface area (Å²) in [6, 6.07) is 10.0. The van der Waals surface area contributed by atoms with Crippen LogP contribution in [0.1, 0.15) is 25.6 Å². The number of hydrogen-bond acceptors (Lipinski definition) is 1. The van der Waals surface area contributed by atoms with Crippen LogP contribution in [0.2, 0.25) is 0 Å². The minimum absolute atomic E-state index is 0.195. The number of thiophene rings is 1. The van der Waals surface area contributed by atoms with Gasteiger partial charge in [-0.15, -0.1) is 11.3 Å². The SMILES string of the molecule is [C-]#[N+]c1cccc(-c2csc(C(C)(C)C)c2)c1. The predicted molar refractivity (Wildman–Crippen MR) is 74.7 cm³/mol. The molecule has 0 aliphatic rings. The average molecular weight is 241 g/mol. The Balaban J connectivity index is 2.41. The maximum absolute atomic E-state index is 7.03. The third-order valence-electron chi connectivity index (χ3n) is 2.65. The summed E-state index contributed by atoms with van der Waals surface area (Å²) in [5, 5.41) is 2.17. The lowest BCUT2D eigenvalue weighted by atomic mass is 9.93. The quantitative estimate of drug-likeness (QED) is 0.599. The molecule has 0 aliphatic carbocycles. The van der Waals surface area contributed by atoms with Gasteiger partial charge in [0.25, 0.3) is 0 Å². The molecule has 2 aromatic rings. The average Bonchev–Trinajstić information content (AvgIpc) is 2.78. The molecule has 1 aromatic carbocycles. The molecule has 0 N–H and O–H groups in total. The van der Waals surface area contributed by atoms with E-state index in [1.54, 1.807) is 11.3 Å². The first kappa shape index (κ1) is 11.9. The minimum Gasteiger partial charge on any atom is -0.238 e. The highest BCUT2D eigenvalue weighted by Crippen LogP contribution is 2.34. The van der Waals surface area contributed by atoms with Gasteiger partial charge in [0.1, 0.15) is 0 Å². The van der Waals surface area contributed by atoms with E-state index in [-0.39, 0.29) is 5.41 Å². The molecule has 2 rings (SSSR count). The zero-order valence-corrected chi connectivity index (χ0v) is 11.1. The predicted octanol–water partition coefficient (Wildman–Crippen LogP) is 5.26. The van der Waals surface area contributed by atoms with Crippen LogP contribution in [0, 0.1) is 6.57 Å². The Morgan fingerprint density at radius 1 is 1.12 bits per heavy atom. The van der Waals surface area contributed by atoms with Crippen LogP contribution in [0.15, 0.2) is 35.7 Å². The van der Waals surface area contributed by atoms with E-state index in [1.165, 1.54) is 10.4 Å².